The van der Waals surface area contributed by atoms with Gasteiger partial charge in [-0.3, -0.25) is 15.0 Å². The number of nitrogens with one attached hydrogen (secondary N) is 2. The van der Waals surface area contributed by atoms with Crippen molar-refractivity contribution in [3.63, 3.8) is 0 Å². The number of hydrogen-bond donors (Lipinski definition) is 4. The van der Waals surface area contributed by atoms with Gasteiger partial charge in [-0.2, -0.15) is 0 Å². The molecule has 1 unspecified atom stereocenters. The summed E-state index contributed by atoms with van der Waals surface area (Å²) < 4.78 is 0.490. The van der Waals surface area contributed by atoms with E-state index < -0.39 is 6.04 Å². The summed E-state index contributed by atoms with van der Waals surface area (Å²) in [6.45, 7) is -0.250. The minimum absolute atomic E-state index is 0.250. The van der Waals surface area contributed by atoms with Crippen molar-refractivity contribution in [3.05, 3.63) is 20.5 Å². The number of aliphatic hydroxyl groups is 1. The van der Waals surface area contributed by atoms with Crippen molar-refractivity contribution in [2.45, 2.75) is 6.04 Å². The zero-order valence-electron chi connectivity index (χ0n) is 5.60. The fourth-order valence-electron chi connectivity index (χ4n) is 0.768. The first-order valence-electron chi connectivity index (χ1n) is 2.99. The second kappa shape index (κ2) is 3.21. The first-order chi connectivity index (χ1) is 5.16. The molecule has 1 heterocycles. The van der Waals surface area contributed by atoms with Gasteiger partial charge in [0, 0.05) is 0 Å². The Morgan fingerprint density at radius 3 is 2.64 bits per heavy atom. The summed E-state index contributed by atoms with van der Waals surface area (Å²) in [6, 6.07) is -0.639. The van der Waals surface area contributed by atoms with Crippen LogP contribution in [0, 0.1) is 0 Å². The first-order valence-corrected chi connectivity index (χ1v) is 3.78. The number of aliphatic hydroxyl groups excluding tert-OH is 1. The predicted octanol–water partition coefficient (Wildman–Crippen LogP) is -0.542. The molecule has 0 aliphatic rings. The molecule has 1 aromatic heterocycles. The molecule has 0 fully saturated rings. The van der Waals surface area contributed by atoms with Crippen molar-refractivity contribution in [1.29, 1.82) is 0 Å². The number of nitrogens with two attached hydrogens (primary N) is 1. The van der Waals surface area contributed by atoms with Crippen LogP contribution in [0.15, 0.2) is 9.40 Å². The maximum absolute atomic E-state index is 10.9. The Kier molecular flexibility index (Phi) is 2.48. The van der Waals surface area contributed by atoms with Crippen LogP contribution in [0.1, 0.15) is 11.6 Å². The Morgan fingerprint density at radius 2 is 2.27 bits per heavy atom. The Morgan fingerprint density at radius 1 is 1.64 bits per heavy atom. The molecular formula is C5H8BrN3O2. The SMILES string of the molecule is NC(CO)c1c(Br)[nH][nH]c1=O. The molecule has 0 radical (unpaired) electrons. The Bertz CT molecular complexity index is 292. The third-order valence-corrected chi connectivity index (χ3v) is 1.96. The maximum atomic E-state index is 10.9. The zero-order valence-corrected chi connectivity index (χ0v) is 7.18. The van der Waals surface area contributed by atoms with E-state index in [-0.39, 0.29) is 12.2 Å². The normalized spacial score (nSPS) is 13.4. The van der Waals surface area contributed by atoms with Crippen molar-refractivity contribution in [3.8, 4) is 0 Å². The third-order valence-electron chi connectivity index (χ3n) is 1.33. The van der Waals surface area contributed by atoms with E-state index in [2.05, 4.69) is 26.1 Å². The highest BCUT2D eigenvalue weighted by molar-refractivity contribution is 9.10. The highest BCUT2D eigenvalue weighted by Gasteiger charge is 2.14. The van der Waals surface area contributed by atoms with Gasteiger partial charge in [-0.15, -0.1) is 0 Å². The van der Waals surface area contributed by atoms with Crippen LogP contribution in [0.25, 0.3) is 0 Å². The van der Waals surface area contributed by atoms with Crippen LogP contribution in [-0.2, 0) is 0 Å². The molecule has 0 aromatic carbocycles. The molecule has 1 rings (SSSR count). The van der Waals surface area contributed by atoms with Crippen molar-refractivity contribution < 1.29 is 5.11 Å². The summed E-state index contributed by atoms with van der Waals surface area (Å²) in [7, 11) is 0. The molecule has 1 aromatic rings. The lowest BCUT2D eigenvalue weighted by Gasteiger charge is -2.02. The average Bonchev–Trinajstić information content (AvgIpc) is 2.30. The lowest BCUT2D eigenvalue weighted by Crippen LogP contribution is -2.21. The van der Waals surface area contributed by atoms with Gasteiger partial charge in [0.25, 0.3) is 5.56 Å². The molecular weight excluding hydrogens is 214 g/mol. The second-order valence-electron chi connectivity index (χ2n) is 2.10. The Labute approximate surface area is 70.7 Å². The van der Waals surface area contributed by atoms with E-state index in [1.54, 1.807) is 0 Å². The van der Waals surface area contributed by atoms with Gasteiger partial charge in [0.05, 0.1) is 18.2 Å². The summed E-state index contributed by atoms with van der Waals surface area (Å²) in [5.74, 6) is 0. The van der Waals surface area contributed by atoms with E-state index in [4.69, 9.17) is 10.8 Å². The molecule has 0 saturated heterocycles. The van der Waals surface area contributed by atoms with Crippen LogP contribution in [0.3, 0.4) is 0 Å². The summed E-state index contributed by atoms with van der Waals surface area (Å²) in [5, 5.41) is 13.5. The van der Waals surface area contributed by atoms with Crippen molar-refractivity contribution in [2.24, 2.45) is 5.73 Å². The number of halogens is 1. The molecule has 62 valence electrons. The van der Waals surface area contributed by atoms with Gasteiger partial charge in [-0.1, -0.05) is 0 Å². The van der Waals surface area contributed by atoms with Crippen LogP contribution >= 0.6 is 15.9 Å². The van der Waals surface area contributed by atoms with Gasteiger partial charge in [0.1, 0.15) is 4.60 Å². The molecule has 0 aliphatic carbocycles. The van der Waals surface area contributed by atoms with Crippen LogP contribution < -0.4 is 11.3 Å². The van der Waals surface area contributed by atoms with E-state index in [0.717, 1.165) is 0 Å². The molecule has 0 aliphatic heterocycles. The van der Waals surface area contributed by atoms with E-state index in [0.29, 0.717) is 10.2 Å². The molecule has 0 amide bonds. The molecule has 5 nitrogen and oxygen atoms in total. The minimum Gasteiger partial charge on any atom is -0.394 e. The van der Waals surface area contributed by atoms with Gasteiger partial charge in [0.2, 0.25) is 0 Å². The van der Waals surface area contributed by atoms with Crippen molar-refractivity contribution >= 4 is 15.9 Å². The fraction of sp³-hybridized carbons (Fsp3) is 0.400. The van der Waals surface area contributed by atoms with Crippen molar-refractivity contribution in [2.75, 3.05) is 6.61 Å². The molecule has 11 heavy (non-hydrogen) atoms. The monoisotopic (exact) mass is 221 g/mol. The van der Waals surface area contributed by atoms with E-state index in [9.17, 15) is 4.79 Å². The van der Waals surface area contributed by atoms with Crippen LogP contribution in [0.2, 0.25) is 0 Å². The smallest absolute Gasteiger partial charge is 0.269 e. The summed E-state index contributed by atoms with van der Waals surface area (Å²) in [5.41, 5.74) is 5.45. The topological polar surface area (TPSA) is 94.9 Å². The molecule has 1 atom stereocenters. The largest absolute Gasteiger partial charge is 0.394 e. The lowest BCUT2D eigenvalue weighted by atomic mass is 10.2. The van der Waals surface area contributed by atoms with Crippen LogP contribution in [0.4, 0.5) is 0 Å². The van der Waals surface area contributed by atoms with Crippen molar-refractivity contribution in [1.82, 2.24) is 10.2 Å². The van der Waals surface area contributed by atoms with Gasteiger partial charge in [-0.25, -0.2) is 0 Å². The predicted molar refractivity (Wildman–Crippen MR) is 43.1 cm³/mol. The highest BCUT2D eigenvalue weighted by Crippen LogP contribution is 2.13. The molecule has 6 heteroatoms. The molecule has 0 bridgehead atoms. The average molecular weight is 222 g/mol. The van der Waals surface area contributed by atoms with Gasteiger partial charge in [-0.05, 0) is 15.9 Å². The summed E-state index contributed by atoms with van der Waals surface area (Å²) >= 11 is 3.08. The second-order valence-corrected chi connectivity index (χ2v) is 2.89. The summed E-state index contributed by atoms with van der Waals surface area (Å²) in [6.07, 6.45) is 0. The number of H-pyrrole nitrogens is 2. The van der Waals surface area contributed by atoms with E-state index in [1.807, 2.05) is 0 Å². The zero-order chi connectivity index (χ0) is 8.43. The highest BCUT2D eigenvalue weighted by atomic mass is 79.9. The van der Waals surface area contributed by atoms with Gasteiger partial charge < -0.3 is 10.8 Å². The molecule has 0 saturated carbocycles. The molecule has 0 spiro atoms. The van der Waals surface area contributed by atoms with Crippen LogP contribution in [0.5, 0.6) is 0 Å². The van der Waals surface area contributed by atoms with E-state index >= 15 is 0 Å². The maximum Gasteiger partial charge on any atom is 0.269 e. The standard InChI is InChI=1S/C5H8BrN3O2/c6-4-3(2(7)1-10)5(11)9-8-4/h2,10H,1,7H2,(H2,8,9,11). The number of aromatic amines is 2. The number of hydrogen-bond acceptors (Lipinski definition) is 3. The number of aromatic nitrogens is 2. The molecule has 5 N–H and O–H groups in total. The van der Waals surface area contributed by atoms with Crippen LogP contribution in [-0.4, -0.2) is 21.9 Å². The fourth-order valence-corrected chi connectivity index (χ4v) is 1.34. The minimum atomic E-state index is -0.639. The lowest BCUT2D eigenvalue weighted by molar-refractivity contribution is 0.267. The van der Waals surface area contributed by atoms with Gasteiger partial charge >= 0.3 is 0 Å². The Hall–Kier alpha value is -0.590. The number of rotatable bonds is 2. The van der Waals surface area contributed by atoms with Gasteiger partial charge in [0.15, 0.2) is 0 Å². The third kappa shape index (κ3) is 1.52. The first kappa shape index (κ1) is 8.51. The summed E-state index contributed by atoms with van der Waals surface area (Å²) in [4.78, 5) is 10.9. The Balaban J connectivity index is 3.10. The quantitative estimate of drug-likeness (QED) is 0.541. The van der Waals surface area contributed by atoms with E-state index in [1.165, 1.54) is 0 Å².